The van der Waals surface area contributed by atoms with Crippen LogP contribution in [0.15, 0.2) is 30.3 Å². The maximum Gasteiger partial charge on any atom is 0.128 e. The highest BCUT2D eigenvalue weighted by atomic mass is 35.5. The Hall–Kier alpha value is -1.56. The lowest BCUT2D eigenvalue weighted by molar-refractivity contribution is 0.394. The van der Waals surface area contributed by atoms with Crippen molar-refractivity contribution in [1.29, 1.82) is 0 Å². The van der Waals surface area contributed by atoms with Crippen LogP contribution in [0.5, 0.6) is 0 Å². The second kappa shape index (κ2) is 9.55. The van der Waals surface area contributed by atoms with Gasteiger partial charge in [0.2, 0.25) is 0 Å². The molecule has 1 heterocycles. The second-order valence-electron chi connectivity index (χ2n) is 5.91. The number of nitrogens with one attached hydrogen (secondary N) is 2. The van der Waals surface area contributed by atoms with Crippen molar-refractivity contribution >= 4 is 23.9 Å². The molecule has 2 rings (SSSR count). The molecule has 0 unspecified atom stereocenters. The molecule has 0 bridgehead atoms. The van der Waals surface area contributed by atoms with Gasteiger partial charge in [-0.15, -0.1) is 12.4 Å². The number of hydrogen-bond donors (Lipinski definition) is 2. The predicted octanol–water partition coefficient (Wildman–Crippen LogP) is 2.94. The minimum Gasteiger partial charge on any atom is -0.340 e. The third-order valence-corrected chi connectivity index (χ3v) is 3.56. The summed E-state index contributed by atoms with van der Waals surface area (Å²) in [6.45, 7) is 5.01. The number of halogens is 1. The van der Waals surface area contributed by atoms with E-state index in [1.165, 1.54) is 5.56 Å². The smallest absolute Gasteiger partial charge is 0.128 e. The molecule has 0 fully saturated rings. The van der Waals surface area contributed by atoms with Crippen molar-refractivity contribution in [2.45, 2.75) is 19.9 Å². The summed E-state index contributed by atoms with van der Waals surface area (Å²) >= 11 is 0. The average Bonchev–Trinajstić information content (AvgIpc) is 2.78. The van der Waals surface area contributed by atoms with Crippen molar-refractivity contribution in [1.82, 2.24) is 20.0 Å². The minimum atomic E-state index is 0. The molecule has 1 aromatic carbocycles. The highest BCUT2D eigenvalue weighted by molar-refractivity contribution is 5.85. The van der Waals surface area contributed by atoms with Gasteiger partial charge >= 0.3 is 0 Å². The zero-order chi connectivity index (χ0) is 15.9. The third-order valence-electron chi connectivity index (χ3n) is 3.56. The first-order chi connectivity index (χ1) is 10.6. The number of benzene rings is 1. The first-order valence-electron chi connectivity index (χ1n) is 7.77. The summed E-state index contributed by atoms with van der Waals surface area (Å²) in [6.07, 6.45) is 1.16. The normalized spacial score (nSPS) is 10.7. The molecule has 5 nitrogen and oxygen atoms in total. The molecule has 6 heteroatoms. The molecule has 128 valence electrons. The zero-order valence-corrected chi connectivity index (χ0v) is 15.3. The van der Waals surface area contributed by atoms with Gasteiger partial charge in [0, 0.05) is 25.3 Å². The molecule has 0 saturated carbocycles. The number of hydrogen-bond acceptors (Lipinski definition) is 4. The molecule has 23 heavy (non-hydrogen) atoms. The average molecular weight is 338 g/mol. The van der Waals surface area contributed by atoms with Gasteiger partial charge in [-0.05, 0) is 52.2 Å². The van der Waals surface area contributed by atoms with Gasteiger partial charge in [0.05, 0.1) is 5.69 Å². The molecule has 0 radical (unpaired) electrons. The molecule has 0 amide bonds. The molecule has 0 aliphatic heterocycles. The van der Waals surface area contributed by atoms with Crippen LogP contribution < -0.4 is 10.6 Å². The molecule has 0 saturated heterocycles. The van der Waals surface area contributed by atoms with Gasteiger partial charge in [-0.3, -0.25) is 4.68 Å². The van der Waals surface area contributed by atoms with E-state index in [0.717, 1.165) is 43.3 Å². The van der Waals surface area contributed by atoms with E-state index in [1.807, 2.05) is 18.7 Å². The van der Waals surface area contributed by atoms with Crippen LogP contribution in [0.3, 0.4) is 0 Å². The van der Waals surface area contributed by atoms with Gasteiger partial charge in [-0.25, -0.2) is 0 Å². The Morgan fingerprint density at radius 2 is 1.96 bits per heavy atom. The maximum absolute atomic E-state index is 4.37. The predicted molar refractivity (Wildman–Crippen MR) is 99.8 cm³/mol. The quantitative estimate of drug-likeness (QED) is 0.727. The lowest BCUT2D eigenvalue weighted by atomic mass is 10.1. The Bertz CT molecular complexity index is 594. The van der Waals surface area contributed by atoms with Gasteiger partial charge in [0.25, 0.3) is 0 Å². The summed E-state index contributed by atoms with van der Waals surface area (Å²) in [4.78, 5) is 2.21. The fourth-order valence-corrected chi connectivity index (χ4v) is 2.41. The Balaban J connectivity index is 0.00000264. The SMILES string of the molecule is Cc1cc(Nc2ccccc2CNCCCN(C)C)n(C)n1.Cl. The van der Waals surface area contributed by atoms with Gasteiger partial charge in [-0.2, -0.15) is 5.10 Å². The van der Waals surface area contributed by atoms with E-state index < -0.39 is 0 Å². The molecule has 0 atom stereocenters. The number of nitrogens with zero attached hydrogens (tertiary/aromatic N) is 3. The fraction of sp³-hybridized carbons (Fsp3) is 0.471. The summed E-state index contributed by atoms with van der Waals surface area (Å²) in [5, 5.41) is 11.4. The highest BCUT2D eigenvalue weighted by Crippen LogP contribution is 2.21. The van der Waals surface area contributed by atoms with Crippen molar-refractivity contribution in [2.24, 2.45) is 7.05 Å². The largest absolute Gasteiger partial charge is 0.340 e. The standard InChI is InChI=1S/C17H27N5.ClH/c1-14-12-17(22(4)20-14)19-16-9-6-5-8-15(16)13-18-10-7-11-21(2)3;/h5-6,8-9,12,18-19H,7,10-11,13H2,1-4H3;1H. The second-order valence-corrected chi connectivity index (χ2v) is 5.91. The number of aromatic nitrogens is 2. The van der Waals surface area contributed by atoms with Crippen LogP contribution in [0.4, 0.5) is 11.5 Å². The van der Waals surface area contributed by atoms with Crippen molar-refractivity contribution in [3.05, 3.63) is 41.6 Å². The van der Waals surface area contributed by atoms with Gasteiger partial charge in [0.1, 0.15) is 5.82 Å². The van der Waals surface area contributed by atoms with Crippen molar-refractivity contribution in [3.63, 3.8) is 0 Å². The topological polar surface area (TPSA) is 45.1 Å². The summed E-state index contributed by atoms with van der Waals surface area (Å²) in [5.74, 6) is 1.01. The number of aryl methyl sites for hydroxylation is 2. The van der Waals surface area contributed by atoms with Gasteiger partial charge in [0.15, 0.2) is 0 Å². The zero-order valence-electron chi connectivity index (χ0n) is 14.5. The Kier molecular flexibility index (Phi) is 8.09. The Morgan fingerprint density at radius 3 is 2.61 bits per heavy atom. The summed E-state index contributed by atoms with van der Waals surface area (Å²) in [5.41, 5.74) is 3.42. The molecular weight excluding hydrogens is 310 g/mol. The summed E-state index contributed by atoms with van der Waals surface area (Å²) in [6, 6.07) is 10.5. The summed E-state index contributed by atoms with van der Waals surface area (Å²) in [7, 11) is 6.17. The monoisotopic (exact) mass is 337 g/mol. The van der Waals surface area contributed by atoms with E-state index >= 15 is 0 Å². The molecule has 2 N–H and O–H groups in total. The molecule has 1 aromatic heterocycles. The van der Waals surface area contributed by atoms with Crippen LogP contribution in [0.25, 0.3) is 0 Å². The number of para-hydroxylation sites is 1. The van der Waals surface area contributed by atoms with Crippen molar-refractivity contribution in [3.8, 4) is 0 Å². The van der Waals surface area contributed by atoms with Gasteiger partial charge in [-0.1, -0.05) is 18.2 Å². The molecular formula is C17H28ClN5. The van der Waals surface area contributed by atoms with Crippen LogP contribution in [0.1, 0.15) is 17.7 Å². The first kappa shape index (κ1) is 19.5. The molecule has 0 aliphatic carbocycles. The number of rotatable bonds is 8. The number of anilines is 2. The minimum absolute atomic E-state index is 0. The summed E-state index contributed by atoms with van der Waals surface area (Å²) < 4.78 is 1.87. The van der Waals surface area contributed by atoms with Crippen LogP contribution in [-0.4, -0.2) is 41.9 Å². The van der Waals surface area contributed by atoms with Gasteiger partial charge < -0.3 is 15.5 Å². The van der Waals surface area contributed by atoms with Crippen LogP contribution in [0.2, 0.25) is 0 Å². The van der Waals surface area contributed by atoms with Crippen molar-refractivity contribution < 1.29 is 0 Å². The highest BCUT2D eigenvalue weighted by Gasteiger charge is 2.06. The molecule has 2 aromatic rings. The Labute approximate surface area is 145 Å². The van der Waals surface area contributed by atoms with E-state index in [0.29, 0.717) is 0 Å². The lowest BCUT2D eigenvalue weighted by Gasteiger charge is -2.13. The molecule has 0 aliphatic rings. The third kappa shape index (κ3) is 6.22. The van der Waals surface area contributed by atoms with E-state index in [4.69, 9.17) is 0 Å². The van der Waals surface area contributed by atoms with E-state index in [-0.39, 0.29) is 12.4 Å². The maximum atomic E-state index is 4.37. The van der Waals surface area contributed by atoms with Crippen LogP contribution in [-0.2, 0) is 13.6 Å². The van der Waals surface area contributed by atoms with E-state index in [9.17, 15) is 0 Å². The first-order valence-corrected chi connectivity index (χ1v) is 7.77. The fourth-order valence-electron chi connectivity index (χ4n) is 2.41. The lowest BCUT2D eigenvalue weighted by Crippen LogP contribution is -2.21. The van der Waals surface area contributed by atoms with Crippen LogP contribution in [0, 0.1) is 6.92 Å². The van der Waals surface area contributed by atoms with Crippen molar-refractivity contribution in [2.75, 3.05) is 32.5 Å². The van der Waals surface area contributed by atoms with Crippen LogP contribution >= 0.6 is 12.4 Å². The van der Waals surface area contributed by atoms with E-state index in [2.05, 4.69) is 65.1 Å². The van der Waals surface area contributed by atoms with E-state index in [1.54, 1.807) is 0 Å². The molecule has 0 spiro atoms. The Morgan fingerprint density at radius 1 is 1.22 bits per heavy atom.